The fraction of sp³-hybridized carbons (Fsp3) is 0.964. The van der Waals surface area contributed by atoms with E-state index in [1.54, 1.807) is 0 Å². The molecule has 10 rings (SSSR count). The molecule has 0 aromatic carbocycles. The summed E-state index contributed by atoms with van der Waals surface area (Å²) in [5, 5.41) is 148. The van der Waals surface area contributed by atoms with Crippen LogP contribution in [0.25, 0.3) is 0 Å². The number of hydrogen-bond acceptors (Lipinski definition) is 25. The van der Waals surface area contributed by atoms with E-state index >= 15 is 0 Å². The predicted octanol–water partition coefficient (Wildman–Crippen LogP) is -2.97. The van der Waals surface area contributed by atoms with Crippen LogP contribution in [0.1, 0.15) is 91.9 Å². The summed E-state index contributed by atoms with van der Waals surface area (Å²) >= 11 is 0. The maximum Gasteiger partial charge on any atom is 0.187 e. The van der Waals surface area contributed by atoms with E-state index in [-0.39, 0.29) is 49.3 Å². The molecule has 25 nitrogen and oxygen atoms in total. The molecule has 31 unspecified atom stereocenters. The maximum atomic E-state index is 11.3. The molecule has 10 aliphatic rings. The van der Waals surface area contributed by atoms with Crippen molar-refractivity contribution in [1.82, 2.24) is 0 Å². The van der Waals surface area contributed by atoms with Gasteiger partial charge in [-0.25, -0.2) is 0 Å². The number of aliphatic hydroxyl groups excluding tert-OH is 14. The van der Waals surface area contributed by atoms with Crippen LogP contribution in [0.5, 0.6) is 0 Å². The number of allylic oxidation sites excluding steroid dienone is 1. The summed E-state index contributed by atoms with van der Waals surface area (Å²) in [6, 6.07) is 0. The van der Waals surface area contributed by atoms with Gasteiger partial charge in [0.25, 0.3) is 0 Å². The fourth-order valence-electron chi connectivity index (χ4n) is 16.3. The summed E-state index contributed by atoms with van der Waals surface area (Å²) in [5.74, 6) is 1.99. The van der Waals surface area contributed by atoms with Crippen molar-refractivity contribution in [2.24, 2.45) is 52.3 Å². The highest BCUT2D eigenvalue weighted by atomic mass is 16.8. The first-order valence-electron chi connectivity index (χ1n) is 29.6. The van der Waals surface area contributed by atoms with E-state index in [1.807, 2.05) is 0 Å². The molecule has 0 aromatic rings. The Bertz CT molecular complexity index is 2000. The highest BCUT2D eigenvalue weighted by Crippen LogP contribution is 2.70. The topological polar surface area (TPSA) is 385 Å². The van der Waals surface area contributed by atoms with Crippen LogP contribution in [0.2, 0.25) is 0 Å². The van der Waals surface area contributed by atoms with Crippen molar-refractivity contribution < 1.29 is 124 Å². The minimum atomic E-state index is -1.86. The third kappa shape index (κ3) is 11.7. The van der Waals surface area contributed by atoms with E-state index < -0.39 is 161 Å². The van der Waals surface area contributed by atoms with E-state index in [9.17, 15) is 71.5 Å². The molecule has 6 heterocycles. The van der Waals surface area contributed by atoms with E-state index in [2.05, 4.69) is 33.8 Å². The first-order valence-corrected chi connectivity index (χ1v) is 29.6. The average molecular weight is 1170 g/mol. The predicted molar refractivity (Wildman–Crippen MR) is 274 cm³/mol. The van der Waals surface area contributed by atoms with Gasteiger partial charge in [0, 0.05) is 24.9 Å². The van der Waals surface area contributed by atoms with E-state index in [1.165, 1.54) is 18.4 Å². The molecule has 81 heavy (non-hydrogen) atoms. The van der Waals surface area contributed by atoms with Gasteiger partial charge in [-0.2, -0.15) is 0 Å². The lowest BCUT2D eigenvalue weighted by molar-refractivity contribution is -0.363. The van der Waals surface area contributed by atoms with Gasteiger partial charge in [0.2, 0.25) is 0 Å². The van der Waals surface area contributed by atoms with Gasteiger partial charge >= 0.3 is 0 Å². The number of hydrogen-bond donors (Lipinski definition) is 14. The molecule has 3 saturated carbocycles. The third-order valence-electron chi connectivity index (χ3n) is 21.1. The van der Waals surface area contributed by atoms with Crippen molar-refractivity contribution in [3.05, 3.63) is 11.6 Å². The number of ether oxygens (including phenoxy) is 11. The number of fused-ring (bicyclic) bond motifs is 7. The lowest BCUT2D eigenvalue weighted by atomic mass is 9.47. The maximum absolute atomic E-state index is 11.3. The summed E-state index contributed by atoms with van der Waals surface area (Å²) in [4.78, 5) is 0. The minimum Gasteiger partial charge on any atom is -0.394 e. The number of rotatable bonds is 18. The Morgan fingerprint density at radius 1 is 0.580 bits per heavy atom. The molecule has 4 aliphatic carbocycles. The van der Waals surface area contributed by atoms with Crippen LogP contribution in [-0.2, 0) is 52.1 Å². The molecule has 25 heteroatoms. The van der Waals surface area contributed by atoms with Crippen LogP contribution >= 0.6 is 0 Å². The first kappa shape index (κ1) is 62.8. The van der Waals surface area contributed by atoms with E-state index in [4.69, 9.17) is 52.1 Å². The van der Waals surface area contributed by atoms with Gasteiger partial charge in [-0.1, -0.05) is 39.3 Å². The Labute approximate surface area is 471 Å². The molecule has 1 spiro atoms. The second kappa shape index (κ2) is 25.5. The van der Waals surface area contributed by atoms with Gasteiger partial charge in [0.05, 0.1) is 58.5 Å². The van der Waals surface area contributed by atoms with Crippen molar-refractivity contribution in [3.63, 3.8) is 0 Å². The largest absolute Gasteiger partial charge is 0.394 e. The van der Waals surface area contributed by atoms with Crippen molar-refractivity contribution in [3.8, 4) is 0 Å². The van der Waals surface area contributed by atoms with Gasteiger partial charge in [-0.3, -0.25) is 0 Å². The molecule has 6 aliphatic heterocycles. The Morgan fingerprint density at radius 2 is 1.11 bits per heavy atom. The molecule has 0 bridgehead atoms. The molecule has 466 valence electrons. The van der Waals surface area contributed by atoms with E-state index in [0.717, 1.165) is 51.6 Å². The average Bonchev–Trinajstić information content (AvgIpc) is 3.70. The summed E-state index contributed by atoms with van der Waals surface area (Å²) in [6.07, 6.45) is -21.3. The normalized spacial score (nSPS) is 53.1. The Morgan fingerprint density at radius 3 is 1.63 bits per heavy atom. The van der Waals surface area contributed by atoms with Gasteiger partial charge in [-0.15, -0.1) is 0 Å². The summed E-state index contributed by atoms with van der Waals surface area (Å²) in [5.41, 5.74) is 1.66. The van der Waals surface area contributed by atoms with Crippen LogP contribution in [0.15, 0.2) is 11.6 Å². The van der Waals surface area contributed by atoms with Crippen LogP contribution < -0.4 is 0 Å². The number of aliphatic hydroxyl groups is 14. The molecule has 0 aromatic heterocycles. The molecule has 0 amide bonds. The summed E-state index contributed by atoms with van der Waals surface area (Å²) in [6.45, 7) is 7.00. The Balaban J connectivity index is 0.784. The fourth-order valence-corrected chi connectivity index (χ4v) is 16.3. The molecule has 0 radical (unpaired) electrons. The quantitative estimate of drug-likeness (QED) is 0.0609. The molecular formula is C56H92O25. The third-order valence-corrected chi connectivity index (χ3v) is 21.1. The zero-order valence-corrected chi connectivity index (χ0v) is 46.8. The Hall–Kier alpha value is -1.26. The SMILES string of the molecule is CC1CCC2(OC1)OC1CC3C4CC=C5CC(OCCC(COC6OC(CO)C(OC7OC(CO)C(O)C(O)C7O)C(O)C6O)COC6OC(CO)C(OC7OC(CO)C(O)C(O)C7O)C(O)C6O)CCC5(C)C4CCC3(C)C1C2C. The van der Waals surface area contributed by atoms with Crippen LogP contribution in [-0.4, -0.2) is 265 Å². The van der Waals surface area contributed by atoms with Gasteiger partial charge in [0.15, 0.2) is 30.9 Å². The second-order valence-electron chi connectivity index (χ2n) is 25.8. The molecule has 14 N–H and O–H groups in total. The van der Waals surface area contributed by atoms with Crippen molar-refractivity contribution >= 4 is 0 Å². The van der Waals surface area contributed by atoms with Crippen molar-refractivity contribution in [2.45, 2.75) is 233 Å². The van der Waals surface area contributed by atoms with Gasteiger partial charge in [0.1, 0.15) is 97.7 Å². The molecular weight excluding hydrogens is 1070 g/mol. The zero-order chi connectivity index (χ0) is 58.0. The van der Waals surface area contributed by atoms with Crippen LogP contribution in [0.4, 0.5) is 0 Å². The van der Waals surface area contributed by atoms with Gasteiger partial charge in [-0.05, 0) is 98.2 Å². The summed E-state index contributed by atoms with van der Waals surface area (Å²) < 4.78 is 66.5. The van der Waals surface area contributed by atoms with Gasteiger partial charge < -0.3 is 124 Å². The minimum absolute atomic E-state index is 0.0374. The van der Waals surface area contributed by atoms with Crippen molar-refractivity contribution in [1.29, 1.82) is 0 Å². The van der Waals surface area contributed by atoms with Crippen molar-refractivity contribution in [2.75, 3.05) is 52.9 Å². The summed E-state index contributed by atoms with van der Waals surface area (Å²) in [7, 11) is 0. The lowest BCUT2D eigenvalue weighted by Gasteiger charge is -2.58. The smallest absolute Gasteiger partial charge is 0.187 e. The monoisotopic (exact) mass is 1160 g/mol. The molecule has 31 atom stereocenters. The van der Waals surface area contributed by atoms with Crippen LogP contribution in [0, 0.1) is 52.3 Å². The highest BCUT2D eigenvalue weighted by Gasteiger charge is 2.69. The first-order chi connectivity index (χ1) is 38.6. The lowest BCUT2D eigenvalue weighted by Crippen LogP contribution is -2.65. The molecule has 6 saturated heterocycles. The standard InChI is InChI=1S/C56H92O25/c1-24-7-13-56(74-21-24)25(2)37-32(81-56)16-31-29-6-5-27-15-28(8-11-54(27,3)30(29)9-12-55(31,37)4)71-14-10-26(22-72-50-46(69)42(65)48(35(19-59)77-50)79-52-44(67)40(63)38(61)33(17-57)75-52)23-73-51-47(70)43(66)49(36(20-60)78-51)80-53-45(68)41(64)39(62)34(18-58)76-53/h5,24-26,28-53,57-70H,6-23H2,1-4H3. The van der Waals surface area contributed by atoms with Crippen LogP contribution in [0.3, 0.4) is 0 Å². The second-order valence-corrected chi connectivity index (χ2v) is 25.8. The zero-order valence-electron chi connectivity index (χ0n) is 46.8. The molecule has 9 fully saturated rings. The Kier molecular flexibility index (Phi) is 19.7. The van der Waals surface area contributed by atoms with E-state index in [0.29, 0.717) is 35.5 Å². The highest BCUT2D eigenvalue weighted by molar-refractivity contribution is 5.26.